The molecule has 0 atom stereocenters. The largest absolute Gasteiger partial charge is 0.382 e. The van der Waals surface area contributed by atoms with E-state index in [1.54, 1.807) is 6.20 Å². The van der Waals surface area contributed by atoms with Crippen LogP contribution in [0.1, 0.15) is 21.7 Å². The number of halogens is 2. The average molecular weight is 479 g/mol. The Kier molecular flexibility index (Phi) is 6.00. The number of fused-ring (bicyclic) bond motifs is 1. The predicted molar refractivity (Wildman–Crippen MR) is 126 cm³/mol. The quantitative estimate of drug-likeness (QED) is 0.453. The maximum atomic E-state index is 14.0. The van der Waals surface area contributed by atoms with E-state index < -0.39 is 17.5 Å². The van der Waals surface area contributed by atoms with Gasteiger partial charge in [-0.3, -0.25) is 4.79 Å². The molecule has 4 heterocycles. The van der Waals surface area contributed by atoms with Gasteiger partial charge in [-0.2, -0.15) is 0 Å². The average Bonchev–Trinajstić information content (AvgIpc) is 3.24. The SMILES string of the molecule is Cc1cnc2ccc(-c3nc(C(=O)NCc4c(F)cccc4F)c(N)nc3N3CCOCC3)cn12. The Bertz CT molecular complexity index is 1400. The molecule has 9 nitrogen and oxygen atoms in total. The van der Waals surface area contributed by atoms with E-state index in [9.17, 15) is 13.6 Å². The van der Waals surface area contributed by atoms with Gasteiger partial charge in [0, 0.05) is 48.8 Å². The standard InChI is InChI=1S/C24H23F2N7O2/c1-14-11-28-19-6-5-15(13-33(14)19)20-23(32-7-9-35-10-8-32)31-22(27)21(30-20)24(34)29-12-16-17(25)3-2-4-18(16)26/h2-6,11,13H,7-10,12H2,1H3,(H2,27,31)(H,29,34). The van der Waals surface area contributed by atoms with E-state index in [1.807, 2.05) is 34.6 Å². The lowest BCUT2D eigenvalue weighted by Crippen LogP contribution is -2.37. The summed E-state index contributed by atoms with van der Waals surface area (Å²) in [6, 6.07) is 7.21. The molecule has 3 aromatic heterocycles. The molecule has 1 aromatic carbocycles. The lowest BCUT2D eigenvalue weighted by atomic mass is 10.1. The zero-order chi connectivity index (χ0) is 24.5. The van der Waals surface area contributed by atoms with E-state index in [2.05, 4.69) is 20.3 Å². The van der Waals surface area contributed by atoms with Crippen molar-refractivity contribution >= 4 is 23.2 Å². The molecule has 1 aliphatic rings. The van der Waals surface area contributed by atoms with Crippen LogP contribution in [0.5, 0.6) is 0 Å². The minimum atomic E-state index is -0.753. The van der Waals surface area contributed by atoms with Gasteiger partial charge in [0.05, 0.1) is 13.2 Å². The predicted octanol–water partition coefficient (Wildman–Crippen LogP) is 2.73. The highest BCUT2D eigenvalue weighted by atomic mass is 19.1. The van der Waals surface area contributed by atoms with E-state index in [0.717, 1.165) is 23.5 Å². The summed E-state index contributed by atoms with van der Waals surface area (Å²) in [7, 11) is 0. The smallest absolute Gasteiger partial charge is 0.274 e. The summed E-state index contributed by atoms with van der Waals surface area (Å²) in [6.45, 7) is 3.80. The van der Waals surface area contributed by atoms with Crippen LogP contribution in [-0.2, 0) is 11.3 Å². The Morgan fingerprint density at radius 1 is 1.14 bits per heavy atom. The molecule has 0 radical (unpaired) electrons. The molecule has 1 fully saturated rings. The number of hydrogen-bond acceptors (Lipinski definition) is 7. The maximum absolute atomic E-state index is 14.0. The molecule has 0 spiro atoms. The number of amides is 1. The number of pyridine rings is 1. The van der Waals surface area contributed by atoms with Gasteiger partial charge in [-0.25, -0.2) is 23.7 Å². The van der Waals surface area contributed by atoms with E-state index in [-0.39, 0.29) is 23.6 Å². The first kappa shape index (κ1) is 22.7. The first-order chi connectivity index (χ1) is 16.9. The molecule has 11 heteroatoms. The van der Waals surface area contributed by atoms with Crippen molar-refractivity contribution in [2.45, 2.75) is 13.5 Å². The molecule has 0 aliphatic carbocycles. The molecule has 1 amide bonds. The van der Waals surface area contributed by atoms with Crippen molar-refractivity contribution in [2.24, 2.45) is 0 Å². The number of nitrogens with zero attached hydrogens (tertiary/aromatic N) is 5. The van der Waals surface area contributed by atoms with Crippen LogP contribution in [0, 0.1) is 18.6 Å². The highest BCUT2D eigenvalue weighted by Crippen LogP contribution is 2.30. The fourth-order valence-corrected chi connectivity index (χ4v) is 3.99. The molecule has 3 N–H and O–H groups in total. The minimum absolute atomic E-state index is 0.0818. The number of nitrogens with one attached hydrogen (secondary N) is 1. The number of ether oxygens (including phenoxy) is 1. The number of hydrogen-bond donors (Lipinski definition) is 2. The molecule has 0 unspecified atom stereocenters. The number of rotatable bonds is 5. The monoisotopic (exact) mass is 479 g/mol. The van der Waals surface area contributed by atoms with Gasteiger partial charge in [0.15, 0.2) is 17.3 Å². The van der Waals surface area contributed by atoms with Gasteiger partial charge in [-0.1, -0.05) is 6.07 Å². The molecule has 4 aromatic rings. The van der Waals surface area contributed by atoms with Crippen LogP contribution in [0.4, 0.5) is 20.4 Å². The lowest BCUT2D eigenvalue weighted by Gasteiger charge is -2.29. The molecule has 180 valence electrons. The second-order valence-corrected chi connectivity index (χ2v) is 8.16. The normalized spacial score (nSPS) is 13.9. The van der Waals surface area contributed by atoms with Crippen molar-refractivity contribution in [3.63, 3.8) is 0 Å². The first-order valence-electron chi connectivity index (χ1n) is 11.1. The van der Waals surface area contributed by atoms with Gasteiger partial charge in [0.25, 0.3) is 5.91 Å². The molecular weight excluding hydrogens is 456 g/mol. The molecular formula is C24H23F2N7O2. The van der Waals surface area contributed by atoms with Gasteiger partial charge < -0.3 is 25.1 Å². The lowest BCUT2D eigenvalue weighted by molar-refractivity contribution is 0.0946. The number of nitrogens with two attached hydrogens (primary N) is 1. The topological polar surface area (TPSA) is 111 Å². The van der Waals surface area contributed by atoms with Gasteiger partial charge in [0.2, 0.25) is 0 Å². The van der Waals surface area contributed by atoms with Crippen molar-refractivity contribution in [1.82, 2.24) is 24.7 Å². The van der Waals surface area contributed by atoms with E-state index >= 15 is 0 Å². The van der Waals surface area contributed by atoms with Crippen molar-refractivity contribution in [3.8, 4) is 11.3 Å². The van der Waals surface area contributed by atoms with Crippen LogP contribution in [0.3, 0.4) is 0 Å². The molecule has 5 rings (SSSR count). The highest BCUT2D eigenvalue weighted by molar-refractivity contribution is 5.97. The summed E-state index contributed by atoms with van der Waals surface area (Å²) in [6.07, 6.45) is 3.63. The number of benzene rings is 1. The Labute approximate surface area is 199 Å². The number of anilines is 2. The molecule has 35 heavy (non-hydrogen) atoms. The second-order valence-electron chi connectivity index (χ2n) is 8.16. The summed E-state index contributed by atoms with van der Waals surface area (Å²) in [5.74, 6) is -1.75. The van der Waals surface area contributed by atoms with Gasteiger partial charge in [-0.05, 0) is 31.2 Å². The fraction of sp³-hybridized carbons (Fsp3) is 0.250. The Balaban J connectivity index is 1.54. The number of morpholine rings is 1. The van der Waals surface area contributed by atoms with Gasteiger partial charge in [0.1, 0.15) is 23.0 Å². The molecule has 1 saturated heterocycles. The first-order valence-corrected chi connectivity index (χ1v) is 11.1. The minimum Gasteiger partial charge on any atom is -0.382 e. The van der Waals surface area contributed by atoms with Crippen molar-refractivity contribution < 1.29 is 18.3 Å². The van der Waals surface area contributed by atoms with E-state index in [1.165, 1.54) is 6.07 Å². The number of nitrogen functional groups attached to an aromatic ring is 1. The number of aryl methyl sites for hydroxylation is 1. The fourth-order valence-electron chi connectivity index (χ4n) is 3.99. The van der Waals surface area contributed by atoms with E-state index in [4.69, 9.17) is 10.5 Å². The molecule has 1 aliphatic heterocycles. The zero-order valence-electron chi connectivity index (χ0n) is 19.0. The number of carbonyl (C=O) groups excluding carboxylic acids is 1. The third kappa shape index (κ3) is 4.37. The second kappa shape index (κ2) is 9.26. The van der Waals surface area contributed by atoms with Crippen LogP contribution in [0.2, 0.25) is 0 Å². The number of imidazole rings is 1. The van der Waals surface area contributed by atoms with Crippen LogP contribution >= 0.6 is 0 Å². The highest BCUT2D eigenvalue weighted by Gasteiger charge is 2.24. The summed E-state index contributed by atoms with van der Waals surface area (Å²) in [4.78, 5) is 28.4. The maximum Gasteiger partial charge on any atom is 0.274 e. The third-order valence-corrected chi connectivity index (χ3v) is 5.88. The van der Waals surface area contributed by atoms with Gasteiger partial charge >= 0.3 is 0 Å². The molecule has 0 saturated carbocycles. The summed E-state index contributed by atoms with van der Waals surface area (Å²) in [5.41, 5.74) is 8.64. The van der Waals surface area contributed by atoms with Crippen molar-refractivity contribution in [1.29, 1.82) is 0 Å². The van der Waals surface area contributed by atoms with Crippen molar-refractivity contribution in [2.75, 3.05) is 36.9 Å². The zero-order valence-corrected chi connectivity index (χ0v) is 19.0. The van der Waals surface area contributed by atoms with Gasteiger partial charge in [-0.15, -0.1) is 0 Å². The Hall–Kier alpha value is -4.12. The number of aromatic nitrogens is 4. The van der Waals surface area contributed by atoms with Crippen LogP contribution < -0.4 is 16.0 Å². The Morgan fingerprint density at radius 3 is 2.63 bits per heavy atom. The molecule has 0 bridgehead atoms. The third-order valence-electron chi connectivity index (χ3n) is 5.88. The summed E-state index contributed by atoms with van der Waals surface area (Å²) < 4.78 is 35.4. The summed E-state index contributed by atoms with van der Waals surface area (Å²) >= 11 is 0. The summed E-state index contributed by atoms with van der Waals surface area (Å²) in [5, 5.41) is 2.50. The Morgan fingerprint density at radius 2 is 1.89 bits per heavy atom. The van der Waals surface area contributed by atoms with Crippen LogP contribution in [0.25, 0.3) is 16.9 Å². The van der Waals surface area contributed by atoms with Crippen LogP contribution in [-0.4, -0.2) is 51.6 Å². The van der Waals surface area contributed by atoms with E-state index in [0.29, 0.717) is 43.4 Å². The van der Waals surface area contributed by atoms with Crippen LogP contribution in [0.15, 0.2) is 42.7 Å². The number of carbonyl (C=O) groups is 1. The van der Waals surface area contributed by atoms with Crippen molar-refractivity contribution in [3.05, 3.63) is 71.3 Å².